The van der Waals surface area contributed by atoms with Crippen LogP contribution in [0.2, 0.25) is 0 Å². The number of benzene rings is 1. The van der Waals surface area contributed by atoms with Gasteiger partial charge in [-0.2, -0.15) is 0 Å². The molecule has 1 aromatic rings. The predicted octanol–water partition coefficient (Wildman–Crippen LogP) is 2.93. The Morgan fingerprint density at radius 3 is 2.62 bits per heavy atom. The maximum Gasteiger partial charge on any atom is 0.0496 e. The summed E-state index contributed by atoms with van der Waals surface area (Å²) in [5.74, 6) is 0. The first-order valence-corrected chi connectivity index (χ1v) is 6.62. The molecule has 1 aliphatic rings. The van der Waals surface area contributed by atoms with E-state index in [4.69, 9.17) is 5.73 Å². The summed E-state index contributed by atoms with van der Waals surface area (Å²) in [6.07, 6.45) is 2.63. The summed E-state index contributed by atoms with van der Waals surface area (Å²) < 4.78 is 1.12. The number of hydrogen-bond acceptors (Lipinski definition) is 2. The summed E-state index contributed by atoms with van der Waals surface area (Å²) in [6, 6.07) is 9.68. The van der Waals surface area contributed by atoms with E-state index in [2.05, 4.69) is 59.1 Å². The van der Waals surface area contributed by atoms with Gasteiger partial charge in [0, 0.05) is 22.6 Å². The molecule has 0 aliphatic heterocycles. The van der Waals surface area contributed by atoms with Crippen molar-refractivity contribution in [3.05, 3.63) is 34.3 Å². The summed E-state index contributed by atoms with van der Waals surface area (Å²) >= 11 is 3.52. The highest BCUT2D eigenvalue weighted by Gasteiger charge is 2.33. The van der Waals surface area contributed by atoms with E-state index in [9.17, 15) is 0 Å². The first kappa shape index (κ1) is 12.1. The van der Waals surface area contributed by atoms with Crippen LogP contribution in [-0.4, -0.2) is 24.0 Å². The van der Waals surface area contributed by atoms with E-state index in [-0.39, 0.29) is 6.04 Å². The van der Waals surface area contributed by atoms with Crippen molar-refractivity contribution in [1.82, 2.24) is 4.90 Å². The maximum atomic E-state index is 6.13. The lowest BCUT2D eigenvalue weighted by Crippen LogP contribution is -2.38. The van der Waals surface area contributed by atoms with Crippen LogP contribution in [0.5, 0.6) is 0 Å². The van der Waals surface area contributed by atoms with Crippen molar-refractivity contribution in [3.8, 4) is 0 Å². The van der Waals surface area contributed by atoms with Crippen LogP contribution in [0.25, 0.3) is 0 Å². The summed E-state index contributed by atoms with van der Waals surface area (Å²) in [4.78, 5) is 2.42. The molecule has 1 fully saturated rings. The van der Waals surface area contributed by atoms with Gasteiger partial charge >= 0.3 is 0 Å². The molecule has 1 saturated carbocycles. The van der Waals surface area contributed by atoms with Gasteiger partial charge in [0.05, 0.1) is 0 Å². The van der Waals surface area contributed by atoms with E-state index >= 15 is 0 Å². The minimum absolute atomic E-state index is 0.153. The van der Waals surface area contributed by atoms with E-state index in [1.165, 1.54) is 18.4 Å². The van der Waals surface area contributed by atoms with E-state index < -0.39 is 0 Å². The van der Waals surface area contributed by atoms with Gasteiger partial charge in [-0.15, -0.1) is 0 Å². The number of nitrogens with zero attached hydrogens (tertiary/aromatic N) is 1. The lowest BCUT2D eigenvalue weighted by molar-refractivity contribution is 0.209. The summed E-state index contributed by atoms with van der Waals surface area (Å²) in [5, 5.41) is 0. The molecule has 1 aliphatic carbocycles. The van der Waals surface area contributed by atoms with Crippen molar-refractivity contribution in [3.63, 3.8) is 0 Å². The number of nitrogens with two attached hydrogens (primary N) is 1. The van der Waals surface area contributed by atoms with Crippen molar-refractivity contribution in [2.45, 2.75) is 37.9 Å². The fraction of sp³-hybridized carbons (Fsp3) is 0.538. The van der Waals surface area contributed by atoms with E-state index in [0.717, 1.165) is 10.5 Å². The van der Waals surface area contributed by atoms with Gasteiger partial charge in [0.15, 0.2) is 0 Å². The molecule has 0 spiro atoms. The average Bonchev–Trinajstić information content (AvgIpc) is 3.00. The average molecular weight is 283 g/mol. The predicted molar refractivity (Wildman–Crippen MR) is 71.3 cm³/mol. The van der Waals surface area contributed by atoms with Gasteiger partial charge < -0.3 is 5.73 Å². The summed E-state index contributed by atoms with van der Waals surface area (Å²) in [7, 11) is 2.19. The minimum Gasteiger partial charge on any atom is -0.326 e. The molecule has 0 radical (unpaired) electrons. The SMILES string of the molecule is CC(N)C(c1cccc(Br)c1)N(C)C1CC1. The molecular weight excluding hydrogens is 264 g/mol. The lowest BCUT2D eigenvalue weighted by Gasteiger charge is -2.31. The van der Waals surface area contributed by atoms with Crippen LogP contribution in [0.15, 0.2) is 28.7 Å². The largest absolute Gasteiger partial charge is 0.326 e. The molecule has 88 valence electrons. The minimum atomic E-state index is 0.153. The highest BCUT2D eigenvalue weighted by atomic mass is 79.9. The van der Waals surface area contributed by atoms with E-state index in [1.54, 1.807) is 0 Å². The molecule has 3 heteroatoms. The fourth-order valence-corrected chi connectivity index (χ4v) is 2.73. The molecule has 2 N–H and O–H groups in total. The molecule has 2 atom stereocenters. The molecule has 0 saturated heterocycles. The Morgan fingerprint density at radius 1 is 1.44 bits per heavy atom. The smallest absolute Gasteiger partial charge is 0.0496 e. The Hall–Kier alpha value is -0.380. The second-order valence-corrected chi connectivity index (χ2v) is 5.67. The summed E-state index contributed by atoms with van der Waals surface area (Å²) in [6.45, 7) is 2.09. The number of hydrogen-bond donors (Lipinski definition) is 1. The maximum absolute atomic E-state index is 6.13. The normalized spacial score (nSPS) is 19.8. The molecule has 2 rings (SSSR count). The first-order chi connectivity index (χ1) is 7.59. The third-order valence-corrected chi connectivity index (χ3v) is 3.74. The topological polar surface area (TPSA) is 29.3 Å². The van der Waals surface area contributed by atoms with Gasteiger partial charge in [0.1, 0.15) is 0 Å². The Bertz CT molecular complexity index is 361. The van der Waals surface area contributed by atoms with Crippen LogP contribution in [0.1, 0.15) is 31.4 Å². The van der Waals surface area contributed by atoms with Gasteiger partial charge in [0.2, 0.25) is 0 Å². The molecule has 0 aromatic heterocycles. The van der Waals surface area contributed by atoms with Crippen molar-refractivity contribution < 1.29 is 0 Å². The monoisotopic (exact) mass is 282 g/mol. The Morgan fingerprint density at radius 2 is 2.12 bits per heavy atom. The Balaban J connectivity index is 2.24. The van der Waals surface area contributed by atoms with Gasteiger partial charge in [-0.1, -0.05) is 28.1 Å². The Kier molecular flexibility index (Phi) is 3.67. The van der Waals surface area contributed by atoms with Crippen LogP contribution in [0, 0.1) is 0 Å². The molecular formula is C13H19BrN2. The van der Waals surface area contributed by atoms with Gasteiger partial charge in [0.25, 0.3) is 0 Å². The molecule has 0 bridgehead atoms. The zero-order chi connectivity index (χ0) is 11.7. The van der Waals surface area contributed by atoms with E-state index in [1.807, 2.05) is 0 Å². The zero-order valence-corrected chi connectivity index (χ0v) is 11.4. The highest BCUT2D eigenvalue weighted by Crippen LogP contribution is 2.34. The first-order valence-electron chi connectivity index (χ1n) is 5.82. The fourth-order valence-electron chi connectivity index (χ4n) is 2.31. The molecule has 2 unspecified atom stereocenters. The summed E-state index contributed by atoms with van der Waals surface area (Å²) in [5.41, 5.74) is 7.43. The van der Waals surface area contributed by atoms with Crippen molar-refractivity contribution in [2.75, 3.05) is 7.05 Å². The quantitative estimate of drug-likeness (QED) is 0.920. The molecule has 0 heterocycles. The molecule has 0 amide bonds. The highest BCUT2D eigenvalue weighted by molar-refractivity contribution is 9.10. The second-order valence-electron chi connectivity index (χ2n) is 4.76. The lowest BCUT2D eigenvalue weighted by atomic mass is 9.99. The van der Waals surface area contributed by atoms with Gasteiger partial charge in [-0.3, -0.25) is 4.90 Å². The van der Waals surface area contributed by atoms with Crippen LogP contribution in [0.4, 0.5) is 0 Å². The zero-order valence-electron chi connectivity index (χ0n) is 9.86. The van der Waals surface area contributed by atoms with Gasteiger partial charge in [-0.05, 0) is 44.5 Å². The third kappa shape index (κ3) is 2.65. The van der Waals surface area contributed by atoms with Crippen molar-refractivity contribution in [1.29, 1.82) is 0 Å². The van der Waals surface area contributed by atoms with Crippen LogP contribution >= 0.6 is 15.9 Å². The van der Waals surface area contributed by atoms with E-state index in [0.29, 0.717) is 6.04 Å². The third-order valence-electron chi connectivity index (χ3n) is 3.25. The molecule has 16 heavy (non-hydrogen) atoms. The number of rotatable bonds is 4. The van der Waals surface area contributed by atoms with Crippen molar-refractivity contribution in [2.24, 2.45) is 5.73 Å². The van der Waals surface area contributed by atoms with Gasteiger partial charge in [-0.25, -0.2) is 0 Å². The molecule has 2 nitrogen and oxygen atoms in total. The standard InChI is InChI=1S/C13H19BrN2/c1-9(15)13(16(2)12-6-7-12)10-4-3-5-11(14)8-10/h3-5,8-9,12-13H,6-7,15H2,1-2H3. The van der Waals surface area contributed by atoms with Crippen LogP contribution < -0.4 is 5.73 Å². The second kappa shape index (κ2) is 4.86. The van der Waals surface area contributed by atoms with Crippen molar-refractivity contribution >= 4 is 15.9 Å². The Labute approximate surface area is 106 Å². The number of likely N-dealkylation sites (N-methyl/N-ethyl adjacent to an activating group) is 1. The number of halogens is 1. The molecule has 1 aromatic carbocycles. The van der Waals surface area contributed by atoms with Crippen LogP contribution in [0.3, 0.4) is 0 Å². The van der Waals surface area contributed by atoms with Crippen LogP contribution in [-0.2, 0) is 0 Å².